The average molecular weight is 461 g/mol. The first-order chi connectivity index (χ1) is 16.4. The molecule has 10 heteroatoms. The second-order valence-corrected chi connectivity index (χ2v) is 8.20. The van der Waals surface area contributed by atoms with E-state index < -0.39 is 11.9 Å². The van der Waals surface area contributed by atoms with Crippen molar-refractivity contribution in [2.45, 2.75) is 38.1 Å². The van der Waals surface area contributed by atoms with Crippen LogP contribution in [-0.2, 0) is 16.0 Å². The SMILES string of the molecule is COc1ccc(C2C3CCc4ccc(C(=O)N=[N+]=[N-])cc4C3=NN2C(=O)CCCC(=O)O)cc1. The van der Waals surface area contributed by atoms with Crippen LogP contribution in [0.4, 0.5) is 0 Å². The van der Waals surface area contributed by atoms with Crippen molar-refractivity contribution in [1.82, 2.24) is 5.01 Å². The van der Waals surface area contributed by atoms with Crippen LogP contribution < -0.4 is 4.74 Å². The zero-order valence-electron chi connectivity index (χ0n) is 18.5. The largest absolute Gasteiger partial charge is 0.497 e. The fraction of sp³-hybridized carbons (Fsp3) is 0.333. The molecule has 0 bridgehead atoms. The lowest BCUT2D eigenvalue weighted by Gasteiger charge is -2.30. The molecule has 0 spiro atoms. The van der Waals surface area contributed by atoms with Gasteiger partial charge in [-0.1, -0.05) is 24.3 Å². The molecule has 174 valence electrons. The standard InChI is InChI=1S/C24H23N5O5/c1-34-17-10-7-15(8-11-17)23-18-12-9-14-5-6-16(24(33)26-28-25)13-19(14)22(18)27-29(23)20(30)3-2-4-21(31)32/h5-8,10-11,13,18,23H,2-4,9,12H2,1H3,(H,31,32). The molecule has 1 aliphatic carbocycles. The fourth-order valence-corrected chi connectivity index (χ4v) is 4.59. The van der Waals surface area contributed by atoms with Gasteiger partial charge < -0.3 is 9.84 Å². The zero-order valence-corrected chi connectivity index (χ0v) is 18.5. The van der Waals surface area contributed by atoms with Gasteiger partial charge in [-0.15, -0.1) is 0 Å². The second kappa shape index (κ2) is 9.76. The van der Waals surface area contributed by atoms with Gasteiger partial charge in [0.15, 0.2) is 0 Å². The number of aliphatic carboxylic acids is 1. The number of carbonyl (C=O) groups is 3. The summed E-state index contributed by atoms with van der Waals surface area (Å²) < 4.78 is 5.26. The first-order valence-corrected chi connectivity index (χ1v) is 10.9. The number of carboxylic acids is 1. The van der Waals surface area contributed by atoms with Crippen LogP contribution in [0, 0.1) is 5.92 Å². The maximum atomic E-state index is 13.1. The van der Waals surface area contributed by atoms with E-state index in [-0.39, 0.29) is 42.7 Å². The Labute approximate surface area is 195 Å². The van der Waals surface area contributed by atoms with Gasteiger partial charge in [0, 0.05) is 34.8 Å². The van der Waals surface area contributed by atoms with Crippen LogP contribution in [0.15, 0.2) is 52.7 Å². The first kappa shape index (κ1) is 23.0. The Morgan fingerprint density at radius 1 is 1.21 bits per heavy atom. The van der Waals surface area contributed by atoms with Gasteiger partial charge in [0.05, 0.1) is 18.9 Å². The summed E-state index contributed by atoms with van der Waals surface area (Å²) >= 11 is 0. The van der Waals surface area contributed by atoms with Crippen molar-refractivity contribution in [3.05, 3.63) is 75.2 Å². The number of hydrogen-bond acceptors (Lipinski definition) is 5. The Hall–Kier alpha value is -4.17. The minimum absolute atomic E-state index is 0.0602. The van der Waals surface area contributed by atoms with Crippen molar-refractivity contribution in [1.29, 1.82) is 0 Å². The quantitative estimate of drug-likeness (QED) is 0.372. The highest BCUT2D eigenvalue weighted by atomic mass is 16.5. The van der Waals surface area contributed by atoms with E-state index in [1.807, 2.05) is 30.3 Å². The summed E-state index contributed by atoms with van der Waals surface area (Å²) in [5.41, 5.74) is 12.2. The van der Waals surface area contributed by atoms with Crippen molar-refractivity contribution in [3.63, 3.8) is 0 Å². The molecule has 1 heterocycles. The third kappa shape index (κ3) is 4.49. The van der Waals surface area contributed by atoms with Gasteiger partial charge >= 0.3 is 5.97 Å². The van der Waals surface area contributed by atoms with E-state index in [1.165, 1.54) is 5.01 Å². The number of methoxy groups -OCH3 is 1. The van der Waals surface area contributed by atoms with Crippen LogP contribution in [-0.4, -0.2) is 40.7 Å². The fourth-order valence-electron chi connectivity index (χ4n) is 4.59. The summed E-state index contributed by atoms with van der Waals surface area (Å²) in [6, 6.07) is 12.2. The predicted octanol–water partition coefficient (Wildman–Crippen LogP) is 4.25. The van der Waals surface area contributed by atoms with E-state index >= 15 is 0 Å². The smallest absolute Gasteiger partial charge is 0.303 e. The molecule has 1 aliphatic heterocycles. The van der Waals surface area contributed by atoms with Crippen LogP contribution in [0.25, 0.3) is 10.4 Å². The first-order valence-electron chi connectivity index (χ1n) is 10.9. The molecule has 10 nitrogen and oxygen atoms in total. The lowest BCUT2D eigenvalue weighted by Crippen LogP contribution is -2.32. The van der Waals surface area contributed by atoms with E-state index in [1.54, 1.807) is 19.2 Å². The topological polar surface area (TPSA) is 145 Å². The average Bonchev–Trinajstić information content (AvgIpc) is 3.24. The van der Waals surface area contributed by atoms with Gasteiger partial charge in [-0.2, -0.15) is 5.10 Å². The highest BCUT2D eigenvalue weighted by Gasteiger charge is 2.43. The van der Waals surface area contributed by atoms with Crippen LogP contribution in [0.1, 0.15) is 58.8 Å². The molecule has 2 atom stereocenters. The number of carbonyl (C=O) groups excluding carboxylic acids is 2. The Balaban J connectivity index is 1.73. The number of hydrogen-bond donors (Lipinski definition) is 1. The summed E-state index contributed by atoms with van der Waals surface area (Å²) in [6.45, 7) is 0. The van der Waals surface area contributed by atoms with Gasteiger partial charge in [-0.25, -0.2) is 5.01 Å². The molecule has 2 amide bonds. The van der Waals surface area contributed by atoms with Gasteiger partial charge in [0.1, 0.15) is 5.75 Å². The van der Waals surface area contributed by atoms with E-state index in [0.717, 1.165) is 29.5 Å². The number of rotatable bonds is 7. The number of azide groups is 1. The molecular formula is C24H23N5O5. The summed E-state index contributed by atoms with van der Waals surface area (Å²) in [7, 11) is 1.58. The van der Waals surface area contributed by atoms with Gasteiger partial charge in [-0.05, 0) is 59.2 Å². The normalized spacial score (nSPS) is 18.3. The number of hydrazone groups is 1. The van der Waals surface area contributed by atoms with E-state index in [9.17, 15) is 14.4 Å². The van der Waals surface area contributed by atoms with Crippen LogP contribution in [0.3, 0.4) is 0 Å². The third-order valence-electron chi connectivity index (χ3n) is 6.20. The molecule has 0 saturated heterocycles. The number of aryl methyl sites for hydroxylation is 1. The van der Waals surface area contributed by atoms with Crippen molar-refractivity contribution < 1.29 is 24.2 Å². The van der Waals surface area contributed by atoms with Crippen LogP contribution >= 0.6 is 0 Å². The molecule has 1 N–H and O–H groups in total. The Morgan fingerprint density at radius 2 is 1.97 bits per heavy atom. The van der Waals surface area contributed by atoms with E-state index in [0.29, 0.717) is 11.5 Å². The monoisotopic (exact) mass is 461 g/mol. The predicted molar refractivity (Wildman–Crippen MR) is 122 cm³/mol. The molecule has 2 aromatic rings. The van der Waals surface area contributed by atoms with Gasteiger partial charge in [-0.3, -0.25) is 14.4 Å². The molecule has 34 heavy (non-hydrogen) atoms. The molecule has 2 unspecified atom stereocenters. The number of ether oxygens (including phenoxy) is 1. The maximum Gasteiger partial charge on any atom is 0.303 e. The Morgan fingerprint density at radius 3 is 2.65 bits per heavy atom. The number of carboxylic acid groups (broad SMARTS) is 1. The lowest BCUT2D eigenvalue weighted by atomic mass is 9.77. The van der Waals surface area contributed by atoms with E-state index in [2.05, 4.69) is 10.0 Å². The molecule has 0 aromatic heterocycles. The highest BCUT2D eigenvalue weighted by Crippen LogP contribution is 2.44. The third-order valence-corrected chi connectivity index (χ3v) is 6.20. The molecule has 2 aliphatic rings. The minimum Gasteiger partial charge on any atom is -0.497 e. The lowest BCUT2D eigenvalue weighted by molar-refractivity contribution is -0.137. The van der Waals surface area contributed by atoms with Crippen LogP contribution in [0.2, 0.25) is 0 Å². The Kier molecular flexibility index (Phi) is 6.60. The molecule has 0 radical (unpaired) electrons. The minimum atomic E-state index is -0.952. The summed E-state index contributed by atoms with van der Waals surface area (Å²) in [5.74, 6) is -1.30. The molecule has 4 rings (SSSR count). The maximum absolute atomic E-state index is 13.1. The van der Waals surface area contributed by atoms with Crippen molar-refractivity contribution in [2.24, 2.45) is 16.1 Å². The number of nitrogens with zero attached hydrogens (tertiary/aromatic N) is 5. The van der Waals surface area contributed by atoms with Crippen LogP contribution in [0.5, 0.6) is 5.75 Å². The number of amides is 2. The number of fused-ring (bicyclic) bond motifs is 3. The Bertz CT molecular complexity index is 1220. The second-order valence-electron chi connectivity index (χ2n) is 8.20. The molecule has 2 aromatic carbocycles. The summed E-state index contributed by atoms with van der Waals surface area (Å²) in [5, 5.41) is 18.3. The molecular weight excluding hydrogens is 438 g/mol. The zero-order chi connectivity index (χ0) is 24.2. The van der Waals surface area contributed by atoms with Gasteiger partial charge in [0.2, 0.25) is 11.8 Å². The van der Waals surface area contributed by atoms with Crippen molar-refractivity contribution >= 4 is 23.5 Å². The molecule has 0 fully saturated rings. The summed E-state index contributed by atoms with van der Waals surface area (Å²) in [6.07, 6.45) is 1.68. The highest BCUT2D eigenvalue weighted by molar-refractivity contribution is 6.08. The van der Waals surface area contributed by atoms with Crippen molar-refractivity contribution in [3.8, 4) is 5.75 Å². The van der Waals surface area contributed by atoms with E-state index in [4.69, 9.17) is 20.5 Å². The molecule has 0 saturated carbocycles. The van der Waals surface area contributed by atoms with Crippen molar-refractivity contribution in [2.75, 3.05) is 7.11 Å². The van der Waals surface area contributed by atoms with Gasteiger partial charge in [0.25, 0.3) is 0 Å². The summed E-state index contributed by atoms with van der Waals surface area (Å²) in [4.78, 5) is 38.7. The number of benzene rings is 2.